The van der Waals surface area contributed by atoms with Crippen LogP contribution in [0.3, 0.4) is 0 Å². The molecule has 1 rings (SSSR count). The summed E-state index contributed by atoms with van der Waals surface area (Å²) in [5, 5.41) is 3.37. The molecule has 1 N–H and O–H groups in total. The molecule has 0 heterocycles. The zero-order valence-electron chi connectivity index (χ0n) is 13.2. The topological polar surface area (TPSA) is 12.0 Å². The first-order valence-electron chi connectivity index (χ1n) is 8.31. The highest BCUT2D eigenvalue weighted by molar-refractivity contribution is 5.23. The van der Waals surface area contributed by atoms with E-state index in [4.69, 9.17) is 0 Å². The van der Waals surface area contributed by atoms with E-state index in [1.165, 1.54) is 63.5 Å². The van der Waals surface area contributed by atoms with Gasteiger partial charge in [0.1, 0.15) is 0 Å². The Labute approximate surface area is 128 Å². The van der Waals surface area contributed by atoms with Crippen LogP contribution in [0.15, 0.2) is 24.3 Å². The molecule has 120 valence electrons. The maximum absolute atomic E-state index is 12.4. The van der Waals surface area contributed by atoms with Gasteiger partial charge in [-0.05, 0) is 18.5 Å². The van der Waals surface area contributed by atoms with Crippen LogP contribution in [0.2, 0.25) is 0 Å². The second-order valence-corrected chi connectivity index (χ2v) is 5.69. The molecule has 1 nitrogen and oxygen atoms in total. The Kier molecular flexibility index (Phi) is 10.1. The zero-order valence-corrected chi connectivity index (χ0v) is 13.2. The van der Waals surface area contributed by atoms with E-state index in [1.54, 1.807) is 12.1 Å². The van der Waals surface area contributed by atoms with Crippen molar-refractivity contribution in [2.45, 2.75) is 71.3 Å². The number of nitrogens with one attached hydrogen (secondary N) is 1. The largest absolute Gasteiger partial charge is 0.313 e. The quantitative estimate of drug-likeness (QED) is 0.477. The molecule has 0 aromatic heterocycles. The third-order valence-electron chi connectivity index (χ3n) is 3.77. The second-order valence-electron chi connectivity index (χ2n) is 5.69. The molecule has 0 unspecified atom stereocenters. The van der Waals surface area contributed by atoms with Crippen LogP contribution in [-0.2, 0) is 6.54 Å². The standard InChI is InChI=1S/C18H29F2N/c1-2-3-4-5-6-7-8-9-14-21-15-16-10-12-17(13-11-16)18(19)20/h10-13,18,21H,2-9,14-15H2,1H3. The summed E-state index contributed by atoms with van der Waals surface area (Å²) in [6.45, 7) is 4.01. The minimum Gasteiger partial charge on any atom is -0.313 e. The van der Waals surface area contributed by atoms with Crippen molar-refractivity contribution in [2.75, 3.05) is 6.54 Å². The molecule has 0 saturated carbocycles. The first kappa shape index (κ1) is 18.1. The Balaban J connectivity index is 1.96. The number of hydrogen-bond acceptors (Lipinski definition) is 1. The smallest absolute Gasteiger partial charge is 0.263 e. The van der Waals surface area contributed by atoms with Crippen molar-refractivity contribution in [3.63, 3.8) is 0 Å². The summed E-state index contributed by atoms with van der Waals surface area (Å²) in [5.41, 5.74) is 1.17. The molecule has 3 heteroatoms. The number of halogens is 2. The van der Waals surface area contributed by atoms with Crippen molar-refractivity contribution in [3.05, 3.63) is 35.4 Å². The first-order valence-corrected chi connectivity index (χ1v) is 8.31. The monoisotopic (exact) mass is 297 g/mol. The third kappa shape index (κ3) is 8.82. The van der Waals surface area contributed by atoms with Crippen molar-refractivity contribution in [3.8, 4) is 0 Å². The lowest BCUT2D eigenvalue weighted by molar-refractivity contribution is 0.151. The number of hydrogen-bond donors (Lipinski definition) is 1. The van der Waals surface area contributed by atoms with Gasteiger partial charge in [0.05, 0.1) is 0 Å². The predicted molar refractivity (Wildman–Crippen MR) is 85.7 cm³/mol. The lowest BCUT2D eigenvalue weighted by Gasteiger charge is -2.06. The first-order chi connectivity index (χ1) is 10.2. The molecular formula is C18H29F2N. The van der Waals surface area contributed by atoms with E-state index in [1.807, 2.05) is 0 Å². The van der Waals surface area contributed by atoms with E-state index in [0.717, 1.165) is 18.7 Å². The third-order valence-corrected chi connectivity index (χ3v) is 3.77. The number of rotatable bonds is 12. The predicted octanol–water partition coefficient (Wildman–Crippen LogP) is 5.85. The Morgan fingerprint density at radius 3 is 2.00 bits per heavy atom. The van der Waals surface area contributed by atoms with E-state index < -0.39 is 6.43 Å². The average Bonchev–Trinajstić information content (AvgIpc) is 2.49. The van der Waals surface area contributed by atoms with Crippen LogP contribution in [-0.4, -0.2) is 6.54 Å². The summed E-state index contributed by atoms with van der Waals surface area (Å²) < 4.78 is 24.8. The molecule has 0 bridgehead atoms. The van der Waals surface area contributed by atoms with Gasteiger partial charge in [0.2, 0.25) is 0 Å². The molecule has 0 spiro atoms. The molecule has 0 aliphatic carbocycles. The highest BCUT2D eigenvalue weighted by atomic mass is 19.3. The Hall–Kier alpha value is -0.960. The van der Waals surface area contributed by atoms with E-state index in [9.17, 15) is 8.78 Å². The molecule has 0 saturated heterocycles. The summed E-state index contributed by atoms with van der Waals surface area (Å²) in [4.78, 5) is 0. The Bertz CT molecular complexity index is 349. The summed E-state index contributed by atoms with van der Waals surface area (Å²) in [6.07, 6.45) is 8.22. The lowest BCUT2D eigenvalue weighted by Crippen LogP contribution is -2.14. The van der Waals surface area contributed by atoms with Crippen molar-refractivity contribution in [1.82, 2.24) is 5.32 Å². The van der Waals surface area contributed by atoms with Crippen molar-refractivity contribution in [2.24, 2.45) is 0 Å². The minimum absolute atomic E-state index is 0.0989. The van der Waals surface area contributed by atoms with Gasteiger partial charge in [0, 0.05) is 12.1 Å². The van der Waals surface area contributed by atoms with Gasteiger partial charge >= 0.3 is 0 Å². The molecule has 0 radical (unpaired) electrons. The highest BCUT2D eigenvalue weighted by Crippen LogP contribution is 2.18. The van der Waals surface area contributed by atoms with Gasteiger partial charge in [0.25, 0.3) is 6.43 Å². The fourth-order valence-corrected chi connectivity index (χ4v) is 2.40. The normalized spacial score (nSPS) is 11.2. The second kappa shape index (κ2) is 11.7. The van der Waals surface area contributed by atoms with Crippen LogP contribution >= 0.6 is 0 Å². The van der Waals surface area contributed by atoms with E-state index in [-0.39, 0.29) is 5.56 Å². The van der Waals surface area contributed by atoms with Crippen molar-refractivity contribution < 1.29 is 8.78 Å². The van der Waals surface area contributed by atoms with Gasteiger partial charge in [-0.15, -0.1) is 0 Å². The molecular weight excluding hydrogens is 268 g/mol. The molecule has 0 fully saturated rings. The minimum atomic E-state index is -2.37. The summed E-state index contributed by atoms with van der Waals surface area (Å²) in [6, 6.07) is 6.58. The molecule has 21 heavy (non-hydrogen) atoms. The number of unbranched alkanes of at least 4 members (excludes halogenated alkanes) is 7. The van der Waals surface area contributed by atoms with Crippen LogP contribution in [0.25, 0.3) is 0 Å². The Morgan fingerprint density at radius 1 is 0.857 bits per heavy atom. The summed E-state index contributed by atoms with van der Waals surface area (Å²) in [5.74, 6) is 0. The fourth-order valence-electron chi connectivity index (χ4n) is 2.40. The van der Waals surface area contributed by atoms with E-state index >= 15 is 0 Å². The Morgan fingerprint density at radius 2 is 1.43 bits per heavy atom. The average molecular weight is 297 g/mol. The fraction of sp³-hybridized carbons (Fsp3) is 0.667. The SMILES string of the molecule is CCCCCCCCCCNCc1ccc(C(F)F)cc1. The summed E-state index contributed by atoms with van der Waals surface area (Å²) in [7, 11) is 0. The van der Waals surface area contributed by atoms with Gasteiger partial charge < -0.3 is 5.32 Å². The van der Waals surface area contributed by atoms with Crippen molar-refractivity contribution in [1.29, 1.82) is 0 Å². The van der Waals surface area contributed by atoms with Crippen LogP contribution in [0, 0.1) is 0 Å². The number of benzene rings is 1. The lowest BCUT2D eigenvalue weighted by atomic mass is 10.1. The molecule has 1 aromatic carbocycles. The van der Waals surface area contributed by atoms with Gasteiger partial charge in [-0.25, -0.2) is 8.78 Å². The van der Waals surface area contributed by atoms with Gasteiger partial charge in [-0.3, -0.25) is 0 Å². The maximum atomic E-state index is 12.4. The van der Waals surface area contributed by atoms with Crippen LogP contribution in [0.5, 0.6) is 0 Å². The van der Waals surface area contributed by atoms with Gasteiger partial charge in [-0.1, -0.05) is 76.1 Å². The molecule has 0 atom stereocenters. The highest BCUT2D eigenvalue weighted by Gasteiger charge is 2.05. The molecule has 1 aromatic rings. The van der Waals surface area contributed by atoms with Gasteiger partial charge in [-0.2, -0.15) is 0 Å². The zero-order chi connectivity index (χ0) is 15.3. The number of alkyl halides is 2. The van der Waals surface area contributed by atoms with Crippen molar-refractivity contribution >= 4 is 0 Å². The van der Waals surface area contributed by atoms with Crippen LogP contribution < -0.4 is 5.32 Å². The van der Waals surface area contributed by atoms with Crippen LogP contribution in [0.4, 0.5) is 8.78 Å². The van der Waals surface area contributed by atoms with E-state index in [2.05, 4.69) is 12.2 Å². The van der Waals surface area contributed by atoms with Gasteiger partial charge in [0.15, 0.2) is 0 Å². The molecule has 0 aliphatic rings. The maximum Gasteiger partial charge on any atom is 0.263 e. The molecule has 0 amide bonds. The van der Waals surface area contributed by atoms with E-state index in [0.29, 0.717) is 0 Å². The summed E-state index contributed by atoms with van der Waals surface area (Å²) >= 11 is 0. The van der Waals surface area contributed by atoms with Crippen LogP contribution in [0.1, 0.15) is 75.8 Å². The molecule has 0 aliphatic heterocycles.